The second kappa shape index (κ2) is 11.2. The molecule has 0 atom stereocenters. The van der Waals surface area contributed by atoms with Crippen LogP contribution in [0.5, 0.6) is 0 Å². The summed E-state index contributed by atoms with van der Waals surface area (Å²) in [4.78, 5) is 13.0. The number of hydrogen-bond donors (Lipinski definition) is 1. The van der Waals surface area contributed by atoms with Gasteiger partial charge in [0.1, 0.15) is 0 Å². The summed E-state index contributed by atoms with van der Waals surface area (Å²) in [6.07, 6.45) is 4.74. The highest BCUT2D eigenvalue weighted by atomic mass is 32.2. The number of nitrogens with zero attached hydrogens (tertiary/aromatic N) is 2. The standard InChI is InChI=1S/C25H33N3O5S2/c29-25(22-14-18-27(19-15-22)34(30,31)20-21-8-4-3-5-9-21)26-23-10-12-24(13-11-23)35(32,33)28-16-6-1-2-7-17-28/h3-5,8-13,22H,1-2,6-7,14-20H2,(H,26,29). The Hall–Kier alpha value is -2.27. The Kier molecular flexibility index (Phi) is 8.26. The summed E-state index contributed by atoms with van der Waals surface area (Å²) in [6, 6.07) is 15.4. The molecule has 0 aromatic heterocycles. The SMILES string of the molecule is O=C(Nc1ccc(S(=O)(=O)N2CCCCCC2)cc1)C1CCN(S(=O)(=O)Cc2ccccc2)CC1. The van der Waals surface area contributed by atoms with Gasteiger partial charge in [-0.2, -0.15) is 4.31 Å². The van der Waals surface area contributed by atoms with Gasteiger partial charge >= 0.3 is 0 Å². The number of piperidine rings is 1. The van der Waals surface area contributed by atoms with Gasteiger partial charge in [-0.1, -0.05) is 43.2 Å². The van der Waals surface area contributed by atoms with Gasteiger partial charge in [-0.25, -0.2) is 21.1 Å². The van der Waals surface area contributed by atoms with E-state index in [0.29, 0.717) is 44.7 Å². The van der Waals surface area contributed by atoms with Crippen LogP contribution in [0.1, 0.15) is 44.1 Å². The summed E-state index contributed by atoms with van der Waals surface area (Å²) < 4.78 is 54.4. The first-order chi connectivity index (χ1) is 16.8. The van der Waals surface area contributed by atoms with E-state index >= 15 is 0 Å². The van der Waals surface area contributed by atoms with Crippen molar-refractivity contribution in [3.05, 3.63) is 60.2 Å². The second-order valence-electron chi connectivity index (χ2n) is 9.25. The Labute approximate surface area is 208 Å². The van der Waals surface area contributed by atoms with Crippen LogP contribution in [0.4, 0.5) is 5.69 Å². The van der Waals surface area contributed by atoms with E-state index in [4.69, 9.17) is 0 Å². The summed E-state index contributed by atoms with van der Waals surface area (Å²) in [6.45, 7) is 1.70. The molecule has 2 aromatic rings. The minimum absolute atomic E-state index is 0.0443. The maximum atomic E-state index is 12.9. The molecule has 2 aliphatic heterocycles. The monoisotopic (exact) mass is 519 g/mol. The molecule has 0 spiro atoms. The molecule has 0 bridgehead atoms. The zero-order valence-corrected chi connectivity index (χ0v) is 21.4. The van der Waals surface area contributed by atoms with Gasteiger partial charge in [-0.3, -0.25) is 4.79 Å². The van der Waals surface area contributed by atoms with Crippen LogP contribution in [-0.2, 0) is 30.6 Å². The van der Waals surface area contributed by atoms with Crippen LogP contribution in [0.3, 0.4) is 0 Å². The third-order valence-electron chi connectivity index (χ3n) is 6.73. The van der Waals surface area contributed by atoms with Crippen LogP contribution in [0.2, 0.25) is 0 Å². The number of carbonyl (C=O) groups is 1. The lowest BCUT2D eigenvalue weighted by Gasteiger charge is -2.30. The maximum absolute atomic E-state index is 12.9. The molecule has 35 heavy (non-hydrogen) atoms. The first-order valence-corrected chi connectivity index (χ1v) is 15.2. The smallest absolute Gasteiger partial charge is 0.243 e. The topological polar surface area (TPSA) is 104 Å². The van der Waals surface area contributed by atoms with Gasteiger partial charge < -0.3 is 5.32 Å². The third kappa shape index (κ3) is 6.49. The number of nitrogens with one attached hydrogen (secondary N) is 1. The minimum Gasteiger partial charge on any atom is -0.326 e. The molecule has 1 amide bonds. The number of sulfonamides is 2. The molecule has 0 unspecified atom stereocenters. The largest absolute Gasteiger partial charge is 0.326 e. The predicted molar refractivity (Wildman–Crippen MR) is 136 cm³/mol. The summed E-state index contributed by atoms with van der Waals surface area (Å²) in [5, 5.41) is 2.86. The van der Waals surface area contributed by atoms with Crippen molar-refractivity contribution in [2.75, 3.05) is 31.5 Å². The van der Waals surface area contributed by atoms with Crippen LogP contribution in [0.25, 0.3) is 0 Å². The maximum Gasteiger partial charge on any atom is 0.243 e. The van der Waals surface area contributed by atoms with Gasteiger partial charge in [0.15, 0.2) is 0 Å². The van der Waals surface area contributed by atoms with Crippen molar-refractivity contribution < 1.29 is 21.6 Å². The van der Waals surface area contributed by atoms with E-state index in [1.54, 1.807) is 28.6 Å². The van der Waals surface area contributed by atoms with Crippen molar-refractivity contribution in [3.8, 4) is 0 Å². The number of hydrogen-bond acceptors (Lipinski definition) is 5. The fourth-order valence-electron chi connectivity index (χ4n) is 4.66. The third-order valence-corrected chi connectivity index (χ3v) is 10.5. The Morgan fingerprint density at radius 2 is 1.37 bits per heavy atom. The number of rotatable bonds is 7. The molecule has 2 fully saturated rings. The number of benzene rings is 2. The first kappa shape index (κ1) is 25.8. The molecule has 0 aliphatic carbocycles. The van der Waals surface area contributed by atoms with Crippen LogP contribution in [0, 0.1) is 5.92 Å². The van der Waals surface area contributed by atoms with Crippen LogP contribution < -0.4 is 5.32 Å². The fourth-order valence-corrected chi connectivity index (χ4v) is 7.74. The van der Waals surface area contributed by atoms with Crippen molar-refractivity contribution in [1.29, 1.82) is 0 Å². The van der Waals surface area contributed by atoms with Crippen molar-refractivity contribution in [3.63, 3.8) is 0 Å². The molecule has 0 radical (unpaired) electrons. The molecule has 0 saturated carbocycles. The zero-order chi connectivity index (χ0) is 24.9. The molecule has 1 N–H and O–H groups in total. The van der Waals surface area contributed by atoms with Gasteiger partial charge in [0, 0.05) is 37.8 Å². The van der Waals surface area contributed by atoms with Crippen molar-refractivity contribution in [2.24, 2.45) is 5.92 Å². The lowest BCUT2D eigenvalue weighted by molar-refractivity contribution is -0.120. The Balaban J connectivity index is 1.31. The van der Waals surface area contributed by atoms with E-state index in [1.807, 2.05) is 18.2 Å². The Morgan fingerprint density at radius 1 is 0.771 bits per heavy atom. The van der Waals surface area contributed by atoms with E-state index in [2.05, 4.69) is 5.32 Å². The molecular formula is C25H33N3O5S2. The lowest BCUT2D eigenvalue weighted by atomic mass is 9.97. The van der Waals surface area contributed by atoms with E-state index in [0.717, 1.165) is 31.2 Å². The van der Waals surface area contributed by atoms with E-state index in [9.17, 15) is 21.6 Å². The molecule has 2 saturated heterocycles. The molecule has 190 valence electrons. The van der Waals surface area contributed by atoms with Crippen LogP contribution in [0.15, 0.2) is 59.5 Å². The summed E-state index contributed by atoms with van der Waals surface area (Å²) in [5.41, 5.74) is 1.28. The van der Waals surface area contributed by atoms with Crippen LogP contribution in [-0.4, -0.2) is 57.5 Å². The minimum atomic E-state index is -3.54. The highest BCUT2D eigenvalue weighted by Gasteiger charge is 2.31. The van der Waals surface area contributed by atoms with Gasteiger partial charge in [0.25, 0.3) is 0 Å². The highest BCUT2D eigenvalue weighted by Crippen LogP contribution is 2.25. The fraction of sp³-hybridized carbons (Fsp3) is 0.480. The van der Waals surface area contributed by atoms with E-state index in [-0.39, 0.29) is 22.5 Å². The average Bonchev–Trinajstić information content (AvgIpc) is 3.15. The highest BCUT2D eigenvalue weighted by molar-refractivity contribution is 7.89. The Bertz CT molecular complexity index is 1200. The molecule has 2 aromatic carbocycles. The molecular weight excluding hydrogens is 486 g/mol. The van der Waals surface area contributed by atoms with Gasteiger partial charge in [0.05, 0.1) is 10.6 Å². The second-order valence-corrected chi connectivity index (χ2v) is 13.2. The van der Waals surface area contributed by atoms with Crippen molar-refractivity contribution >= 4 is 31.6 Å². The number of anilines is 1. The Morgan fingerprint density at radius 3 is 1.97 bits per heavy atom. The normalized spacial score (nSPS) is 19.2. The summed E-state index contributed by atoms with van der Waals surface area (Å²) in [7, 11) is -6.97. The molecule has 2 heterocycles. The number of amides is 1. The van der Waals surface area contributed by atoms with Gasteiger partial charge in [-0.05, 0) is 55.5 Å². The summed E-state index contributed by atoms with van der Waals surface area (Å²) >= 11 is 0. The molecule has 4 rings (SSSR count). The van der Waals surface area contributed by atoms with E-state index < -0.39 is 20.0 Å². The van der Waals surface area contributed by atoms with Crippen molar-refractivity contribution in [2.45, 2.75) is 49.2 Å². The molecule has 2 aliphatic rings. The average molecular weight is 520 g/mol. The molecule has 10 heteroatoms. The quantitative estimate of drug-likeness (QED) is 0.604. The first-order valence-electron chi connectivity index (χ1n) is 12.2. The lowest BCUT2D eigenvalue weighted by Crippen LogP contribution is -2.41. The zero-order valence-electron chi connectivity index (χ0n) is 19.8. The van der Waals surface area contributed by atoms with E-state index in [1.165, 1.54) is 16.4 Å². The predicted octanol–water partition coefficient (Wildman–Crippen LogP) is 3.43. The number of carbonyl (C=O) groups excluding carboxylic acids is 1. The summed E-state index contributed by atoms with van der Waals surface area (Å²) in [5.74, 6) is -0.510. The molecule has 8 nitrogen and oxygen atoms in total. The van der Waals surface area contributed by atoms with Crippen molar-refractivity contribution in [1.82, 2.24) is 8.61 Å². The van der Waals surface area contributed by atoms with Gasteiger partial charge in [-0.15, -0.1) is 0 Å². The van der Waals surface area contributed by atoms with Crippen LogP contribution >= 0.6 is 0 Å². The van der Waals surface area contributed by atoms with Gasteiger partial charge in [0.2, 0.25) is 26.0 Å².